The summed E-state index contributed by atoms with van der Waals surface area (Å²) >= 11 is 0. The van der Waals surface area contributed by atoms with Gasteiger partial charge in [-0.3, -0.25) is 0 Å². The molecule has 1 unspecified atom stereocenters. The van der Waals surface area contributed by atoms with Gasteiger partial charge < -0.3 is 27.2 Å². The quantitative estimate of drug-likeness (QED) is 0.132. The molecule has 1 aromatic rings. The first kappa shape index (κ1) is 32.9. The monoisotopic (exact) mass is 588 g/mol. The van der Waals surface area contributed by atoms with Gasteiger partial charge in [0.25, 0.3) is 0 Å². The number of hydrogen-bond acceptors (Lipinski definition) is 7. The van der Waals surface area contributed by atoms with Crippen LogP contribution in [0, 0.1) is 5.92 Å². The van der Waals surface area contributed by atoms with Gasteiger partial charge in [0.1, 0.15) is 31.4 Å². The van der Waals surface area contributed by atoms with E-state index >= 15 is 0 Å². The molecule has 0 bridgehead atoms. The van der Waals surface area contributed by atoms with Crippen molar-refractivity contribution in [1.29, 1.82) is 0 Å². The van der Waals surface area contributed by atoms with Gasteiger partial charge in [0.2, 0.25) is 5.76 Å². The number of methoxy groups -OCH3 is 3. The van der Waals surface area contributed by atoms with Gasteiger partial charge in [-0.05, 0) is 63.8 Å². The highest BCUT2D eigenvalue weighted by atomic mass is 29.6. The third kappa shape index (κ3) is 10.7. The van der Waals surface area contributed by atoms with Crippen LogP contribution in [0.5, 0.6) is 5.75 Å². The van der Waals surface area contributed by atoms with Crippen molar-refractivity contribution in [2.24, 2.45) is 5.92 Å². The summed E-state index contributed by atoms with van der Waals surface area (Å²) in [6, 6.07) is 7.37. The van der Waals surface area contributed by atoms with Gasteiger partial charge in [-0.25, -0.2) is 4.79 Å². The van der Waals surface area contributed by atoms with Crippen LogP contribution in [0.15, 0.2) is 30.0 Å². The molecule has 0 heterocycles. The summed E-state index contributed by atoms with van der Waals surface area (Å²) in [5, 5.41) is 0. The molecule has 0 radical (unpaired) electrons. The summed E-state index contributed by atoms with van der Waals surface area (Å²) in [6.45, 7) is 20.0. The van der Waals surface area contributed by atoms with Crippen molar-refractivity contribution in [1.82, 2.24) is 0 Å². The summed E-state index contributed by atoms with van der Waals surface area (Å²) in [5.41, 5.74) is 0.432. The third-order valence-electron chi connectivity index (χ3n) is 5.53. The van der Waals surface area contributed by atoms with Crippen LogP contribution >= 0.6 is 0 Å². The lowest BCUT2D eigenvalue weighted by atomic mass is 10.1. The minimum absolute atomic E-state index is 0.0349. The Kier molecular flexibility index (Phi) is 12.9. The van der Waals surface area contributed by atoms with E-state index in [4.69, 9.17) is 27.2 Å². The Balaban J connectivity index is 3.47. The second-order valence-electron chi connectivity index (χ2n) is 11.7. The largest absolute Gasteiger partial charge is 0.496 e. The van der Waals surface area contributed by atoms with Gasteiger partial charge in [-0.2, -0.15) is 0 Å². The molecule has 0 saturated carbocycles. The summed E-state index contributed by atoms with van der Waals surface area (Å²) in [6.07, 6.45) is 0.784. The normalized spacial score (nSPS) is 16.2. The first-order valence-corrected chi connectivity index (χ1v) is 27.7. The van der Waals surface area contributed by atoms with Crippen molar-refractivity contribution < 1.29 is 32.0 Å². The van der Waals surface area contributed by atoms with Gasteiger partial charge >= 0.3 is 5.97 Å². The first-order valence-electron chi connectivity index (χ1n) is 12.5. The molecule has 0 amide bonds. The molecular formula is C24H48O7Si5. The van der Waals surface area contributed by atoms with Gasteiger partial charge in [-0.15, -0.1) is 0 Å². The number of benzene rings is 1. The fourth-order valence-corrected chi connectivity index (χ4v) is 34.3. The molecule has 12 heteroatoms. The zero-order chi connectivity index (χ0) is 27.7. The van der Waals surface area contributed by atoms with Crippen molar-refractivity contribution in [3.05, 3.63) is 35.6 Å². The SMILES string of the molecule is COC(C(=O)OC(CC(C)C)[Si](C)([SiH2]O[Si](C)(C)C)[SiH2]O[Si](C)(C)C)=C(OC)c1ccccc1OC. The molecule has 0 aliphatic carbocycles. The zero-order valence-corrected chi connectivity index (χ0v) is 30.3. The Labute approximate surface area is 226 Å². The van der Waals surface area contributed by atoms with Crippen molar-refractivity contribution in [3.8, 4) is 5.75 Å². The Morgan fingerprint density at radius 2 is 1.39 bits per heavy atom. The fourth-order valence-electron chi connectivity index (χ4n) is 3.50. The third-order valence-corrected chi connectivity index (χ3v) is 29.8. The average molecular weight is 589 g/mol. The van der Waals surface area contributed by atoms with Crippen LogP contribution in [-0.2, 0) is 27.2 Å². The number of carbonyl (C=O) groups excluding carboxylic acids is 1. The van der Waals surface area contributed by atoms with E-state index < -0.39 is 48.3 Å². The number of esters is 1. The van der Waals surface area contributed by atoms with Gasteiger partial charge in [0, 0.05) is 0 Å². The number of para-hydroxylation sites is 1. The van der Waals surface area contributed by atoms with Gasteiger partial charge in [-0.1, -0.05) is 32.5 Å². The molecule has 0 spiro atoms. The van der Waals surface area contributed by atoms with Crippen LogP contribution in [-0.4, -0.2) is 75.3 Å². The minimum Gasteiger partial charge on any atom is -0.496 e. The highest BCUT2D eigenvalue weighted by molar-refractivity contribution is 7.49. The Hall–Kier alpha value is -1.17. The van der Waals surface area contributed by atoms with E-state index in [9.17, 15) is 4.79 Å². The molecule has 206 valence electrons. The second kappa shape index (κ2) is 14.1. The van der Waals surface area contributed by atoms with Gasteiger partial charge in [0.05, 0.1) is 32.6 Å². The van der Waals surface area contributed by atoms with E-state index in [0.717, 1.165) is 6.42 Å². The van der Waals surface area contributed by atoms with Crippen LogP contribution < -0.4 is 4.74 Å². The van der Waals surface area contributed by atoms with E-state index in [1.165, 1.54) is 14.2 Å². The number of ether oxygens (including phenoxy) is 4. The molecule has 0 fully saturated rings. The van der Waals surface area contributed by atoms with E-state index in [2.05, 4.69) is 59.7 Å². The van der Waals surface area contributed by atoms with Crippen LogP contribution in [0.25, 0.3) is 5.76 Å². The zero-order valence-electron chi connectivity index (χ0n) is 24.4. The maximum Gasteiger partial charge on any atom is 0.377 e. The Morgan fingerprint density at radius 3 is 1.81 bits per heavy atom. The number of rotatable bonds is 15. The molecule has 0 saturated heterocycles. The molecule has 1 rings (SSSR count). The topological polar surface area (TPSA) is 72.5 Å². The molecule has 0 aromatic heterocycles. The van der Waals surface area contributed by atoms with Crippen molar-refractivity contribution >= 4 is 54.0 Å². The van der Waals surface area contributed by atoms with Crippen LogP contribution in [0.4, 0.5) is 0 Å². The van der Waals surface area contributed by atoms with Crippen molar-refractivity contribution in [3.63, 3.8) is 0 Å². The van der Waals surface area contributed by atoms with Gasteiger partial charge in [0.15, 0.2) is 22.4 Å². The Morgan fingerprint density at radius 1 is 0.861 bits per heavy atom. The summed E-state index contributed by atoms with van der Waals surface area (Å²) < 4.78 is 36.3. The average Bonchev–Trinajstić information content (AvgIpc) is 2.78. The molecule has 36 heavy (non-hydrogen) atoms. The van der Waals surface area contributed by atoms with E-state index in [0.29, 0.717) is 17.2 Å². The molecule has 0 aliphatic rings. The second-order valence-corrected chi connectivity index (χ2v) is 41.5. The van der Waals surface area contributed by atoms with E-state index in [1.807, 2.05) is 24.3 Å². The van der Waals surface area contributed by atoms with Crippen LogP contribution in [0.1, 0.15) is 25.8 Å². The minimum atomic E-state index is -2.11. The summed E-state index contributed by atoms with van der Waals surface area (Å²) in [5.74, 6) is 0.753. The lowest BCUT2D eigenvalue weighted by Crippen LogP contribution is -2.62. The van der Waals surface area contributed by atoms with Crippen LogP contribution in [0.2, 0.25) is 45.8 Å². The molecule has 0 N–H and O–H groups in total. The smallest absolute Gasteiger partial charge is 0.377 e. The molecule has 1 aromatic carbocycles. The number of hydrogen-bond donors (Lipinski definition) is 0. The highest BCUT2D eigenvalue weighted by Crippen LogP contribution is 2.30. The van der Waals surface area contributed by atoms with Crippen molar-refractivity contribution in [2.45, 2.75) is 71.8 Å². The maximum absolute atomic E-state index is 13.7. The lowest BCUT2D eigenvalue weighted by Gasteiger charge is -2.38. The molecule has 1 atom stereocenters. The maximum atomic E-state index is 13.7. The summed E-state index contributed by atoms with van der Waals surface area (Å²) in [7, 11) is -2.80. The first-order chi connectivity index (χ1) is 16.6. The molecular weight excluding hydrogens is 541 g/mol. The Bertz CT molecular complexity index is 860. The van der Waals surface area contributed by atoms with E-state index in [-0.39, 0.29) is 17.2 Å². The number of carbonyl (C=O) groups is 1. The molecule has 0 aliphatic heterocycles. The van der Waals surface area contributed by atoms with E-state index in [1.54, 1.807) is 7.11 Å². The van der Waals surface area contributed by atoms with Crippen molar-refractivity contribution in [2.75, 3.05) is 21.3 Å². The summed E-state index contributed by atoms with van der Waals surface area (Å²) in [4.78, 5) is 13.7. The molecule has 7 nitrogen and oxygen atoms in total. The fraction of sp³-hybridized carbons (Fsp3) is 0.625. The lowest BCUT2D eigenvalue weighted by molar-refractivity contribution is -0.145. The standard InChI is InChI=1S/C24H48O7Si5/c1-18(2)17-21(36(12,32-30-34(6,7)8)33-31-35(9,10)11)29-24(25)23(28-5)22(27-4)19-15-13-14-16-20(19)26-3/h13-16,18,21H,17,32-33H2,1-12H3. The van der Waals surface area contributed by atoms with Crippen LogP contribution in [0.3, 0.4) is 0 Å². The predicted molar refractivity (Wildman–Crippen MR) is 161 cm³/mol. The highest BCUT2D eigenvalue weighted by Gasteiger charge is 2.44. The predicted octanol–water partition coefficient (Wildman–Crippen LogP) is 4.10.